The van der Waals surface area contributed by atoms with Gasteiger partial charge in [-0.3, -0.25) is 11.5 Å². The fourth-order valence-corrected chi connectivity index (χ4v) is 2.70. The maximum atomic E-state index is 6.26. The Morgan fingerprint density at radius 1 is 1.19 bits per heavy atom. The fraction of sp³-hybridized carbons (Fsp3) is 0.900. The Bertz CT molecular complexity index is 266. The van der Waals surface area contributed by atoms with Crippen LogP contribution in [0.3, 0.4) is 0 Å². The second kappa shape index (κ2) is 5.35. The van der Waals surface area contributed by atoms with Gasteiger partial charge in [-0.1, -0.05) is 11.8 Å². The average Bonchev–Trinajstić information content (AvgIpc) is 2.14. The summed E-state index contributed by atoms with van der Waals surface area (Å²) in [5.74, 6) is 0. The van der Waals surface area contributed by atoms with Crippen LogP contribution >= 0.6 is 11.8 Å². The Balaban J connectivity index is 3.03. The molecule has 0 saturated carbocycles. The highest BCUT2D eigenvalue weighted by Crippen LogP contribution is 2.22. The first-order chi connectivity index (χ1) is 7.40. The minimum Gasteiger partial charge on any atom is -0.320 e. The first-order valence-electron chi connectivity index (χ1n) is 5.58. The quantitative estimate of drug-likeness (QED) is 0.746. The van der Waals surface area contributed by atoms with Gasteiger partial charge in [0.2, 0.25) is 0 Å². The molecule has 0 aromatic rings. The van der Waals surface area contributed by atoms with Gasteiger partial charge in [0, 0.05) is 12.1 Å². The van der Waals surface area contributed by atoms with E-state index in [2.05, 4.69) is 37.6 Å². The molecule has 0 amide bonds. The molecule has 6 heteroatoms. The van der Waals surface area contributed by atoms with Crippen molar-refractivity contribution in [2.75, 3.05) is 6.26 Å². The van der Waals surface area contributed by atoms with Crippen molar-refractivity contribution in [3.05, 3.63) is 0 Å². The number of hydrogen-bond donors (Lipinski definition) is 2. The normalized spacial score (nSPS) is 27.8. The maximum Gasteiger partial charge on any atom is 0.164 e. The molecule has 2 unspecified atom stereocenters. The van der Waals surface area contributed by atoms with Crippen molar-refractivity contribution >= 4 is 16.9 Å². The molecular formula is C10H23N5S. The first-order valence-corrected chi connectivity index (χ1v) is 6.81. The van der Waals surface area contributed by atoms with Crippen LogP contribution in [0.15, 0.2) is 4.99 Å². The number of amidine groups is 1. The molecule has 0 bridgehead atoms. The molecule has 0 fully saturated rings. The van der Waals surface area contributed by atoms with Crippen LogP contribution in [0.25, 0.3) is 0 Å². The molecule has 0 radical (unpaired) electrons. The van der Waals surface area contributed by atoms with E-state index in [9.17, 15) is 0 Å². The SMILES string of the molecule is CSC1=NC(N)N(C(C)C)C(N)N1C(C)C. The van der Waals surface area contributed by atoms with Crippen LogP contribution in [0.1, 0.15) is 27.7 Å². The van der Waals surface area contributed by atoms with Gasteiger partial charge in [0.25, 0.3) is 0 Å². The molecule has 1 aliphatic rings. The van der Waals surface area contributed by atoms with Crippen molar-refractivity contribution < 1.29 is 0 Å². The molecule has 4 N–H and O–H groups in total. The van der Waals surface area contributed by atoms with Gasteiger partial charge in [-0.15, -0.1) is 0 Å². The summed E-state index contributed by atoms with van der Waals surface area (Å²) in [7, 11) is 0. The molecule has 1 aliphatic heterocycles. The molecule has 1 rings (SSSR count). The van der Waals surface area contributed by atoms with E-state index in [1.54, 1.807) is 11.8 Å². The lowest BCUT2D eigenvalue weighted by Gasteiger charge is -2.47. The summed E-state index contributed by atoms with van der Waals surface area (Å²) in [6, 6.07) is 0.591. The van der Waals surface area contributed by atoms with Crippen LogP contribution in [0, 0.1) is 0 Å². The van der Waals surface area contributed by atoms with E-state index in [-0.39, 0.29) is 18.6 Å². The van der Waals surface area contributed by atoms with E-state index in [4.69, 9.17) is 11.5 Å². The predicted octanol–water partition coefficient (Wildman–Crippen LogP) is 0.624. The third-order valence-corrected chi connectivity index (χ3v) is 3.38. The topological polar surface area (TPSA) is 70.9 Å². The number of nitrogens with zero attached hydrogens (tertiary/aromatic N) is 3. The molecule has 0 spiro atoms. The summed E-state index contributed by atoms with van der Waals surface area (Å²) in [4.78, 5) is 8.60. The van der Waals surface area contributed by atoms with Gasteiger partial charge >= 0.3 is 0 Å². The van der Waals surface area contributed by atoms with Gasteiger partial charge in [-0.2, -0.15) is 0 Å². The minimum atomic E-state index is -0.340. The molecule has 0 aromatic carbocycles. The van der Waals surface area contributed by atoms with E-state index in [0.717, 1.165) is 5.17 Å². The number of thioether (sulfide) groups is 1. The van der Waals surface area contributed by atoms with Gasteiger partial charge in [0.15, 0.2) is 11.5 Å². The van der Waals surface area contributed by atoms with Crippen LogP contribution in [0.5, 0.6) is 0 Å². The van der Waals surface area contributed by atoms with E-state index < -0.39 is 0 Å². The Hall–Kier alpha value is -0.300. The Kier molecular flexibility index (Phi) is 4.61. The van der Waals surface area contributed by atoms with E-state index >= 15 is 0 Å². The van der Waals surface area contributed by atoms with E-state index in [0.29, 0.717) is 6.04 Å². The van der Waals surface area contributed by atoms with Gasteiger partial charge < -0.3 is 4.90 Å². The van der Waals surface area contributed by atoms with Crippen molar-refractivity contribution in [2.24, 2.45) is 16.5 Å². The molecule has 0 saturated heterocycles. The summed E-state index contributed by atoms with van der Waals surface area (Å²) in [6.45, 7) is 8.39. The first kappa shape index (κ1) is 13.8. The molecule has 0 aliphatic carbocycles. The number of rotatable bonds is 2. The molecular weight excluding hydrogens is 222 g/mol. The number of hydrogen-bond acceptors (Lipinski definition) is 6. The van der Waals surface area contributed by atoms with Crippen molar-refractivity contribution in [2.45, 2.75) is 52.4 Å². The average molecular weight is 245 g/mol. The largest absolute Gasteiger partial charge is 0.320 e. The Morgan fingerprint density at radius 2 is 1.75 bits per heavy atom. The van der Waals surface area contributed by atoms with Crippen molar-refractivity contribution in [3.8, 4) is 0 Å². The van der Waals surface area contributed by atoms with Crippen LogP contribution in [0.4, 0.5) is 0 Å². The lowest BCUT2D eigenvalue weighted by Crippen LogP contribution is -2.67. The van der Waals surface area contributed by atoms with Crippen molar-refractivity contribution in [1.29, 1.82) is 0 Å². The monoisotopic (exact) mass is 245 g/mol. The second-order valence-corrected chi connectivity index (χ2v) is 5.26. The molecule has 1 heterocycles. The lowest BCUT2D eigenvalue weighted by atomic mass is 10.2. The molecule has 0 aromatic heterocycles. The summed E-state index contributed by atoms with van der Waals surface area (Å²) in [5.41, 5.74) is 12.3. The summed E-state index contributed by atoms with van der Waals surface area (Å²) >= 11 is 1.59. The minimum absolute atomic E-state index is 0.199. The van der Waals surface area contributed by atoms with Gasteiger partial charge in [-0.05, 0) is 34.0 Å². The molecule has 2 atom stereocenters. The number of nitrogens with two attached hydrogens (primary N) is 2. The highest BCUT2D eigenvalue weighted by Gasteiger charge is 2.35. The third kappa shape index (κ3) is 2.51. The lowest BCUT2D eigenvalue weighted by molar-refractivity contribution is 0.00629. The third-order valence-electron chi connectivity index (χ3n) is 2.69. The highest BCUT2D eigenvalue weighted by molar-refractivity contribution is 8.13. The Labute approximate surface area is 102 Å². The van der Waals surface area contributed by atoms with Gasteiger partial charge in [0.05, 0.1) is 0 Å². The van der Waals surface area contributed by atoms with Gasteiger partial charge in [-0.25, -0.2) is 9.89 Å². The zero-order chi connectivity index (χ0) is 12.5. The maximum absolute atomic E-state index is 6.26. The van der Waals surface area contributed by atoms with E-state index in [1.807, 2.05) is 11.2 Å². The van der Waals surface area contributed by atoms with Gasteiger partial charge in [0.1, 0.15) is 6.29 Å². The number of aliphatic imine (C=N–C) groups is 1. The molecule has 94 valence electrons. The summed E-state index contributed by atoms with van der Waals surface area (Å²) < 4.78 is 0. The predicted molar refractivity (Wildman–Crippen MR) is 70.9 cm³/mol. The Morgan fingerprint density at radius 3 is 2.12 bits per heavy atom. The molecule has 5 nitrogen and oxygen atoms in total. The van der Waals surface area contributed by atoms with Crippen LogP contribution in [-0.4, -0.2) is 45.9 Å². The van der Waals surface area contributed by atoms with Crippen molar-refractivity contribution in [3.63, 3.8) is 0 Å². The zero-order valence-electron chi connectivity index (χ0n) is 10.7. The van der Waals surface area contributed by atoms with Crippen molar-refractivity contribution in [1.82, 2.24) is 9.80 Å². The van der Waals surface area contributed by atoms with Crippen LogP contribution in [-0.2, 0) is 0 Å². The smallest absolute Gasteiger partial charge is 0.164 e. The summed E-state index contributed by atoms with van der Waals surface area (Å²) in [5, 5.41) is 0.923. The highest BCUT2D eigenvalue weighted by atomic mass is 32.2. The zero-order valence-corrected chi connectivity index (χ0v) is 11.5. The van der Waals surface area contributed by atoms with Crippen LogP contribution < -0.4 is 11.5 Å². The summed E-state index contributed by atoms with van der Waals surface area (Å²) in [6.07, 6.45) is 1.46. The second-order valence-electron chi connectivity index (χ2n) is 4.49. The fourth-order valence-electron chi connectivity index (χ4n) is 1.96. The van der Waals surface area contributed by atoms with Crippen LogP contribution in [0.2, 0.25) is 0 Å². The van der Waals surface area contributed by atoms with E-state index in [1.165, 1.54) is 0 Å². The standard InChI is InChI=1S/C10H23N5S/c1-6(2)14-8(11)13-10(16-5)15(7(3)4)9(14)12/h6-9H,11-12H2,1-5H3. The molecule has 16 heavy (non-hydrogen) atoms.